The van der Waals surface area contributed by atoms with E-state index < -0.39 is 18.2 Å². The molecule has 0 unspecified atom stereocenters. The smallest absolute Gasteiger partial charge is 0.257 e. The third kappa shape index (κ3) is 2.16. The molecule has 0 saturated heterocycles. The number of hydrogen-bond acceptors (Lipinski definition) is 2. The zero-order chi connectivity index (χ0) is 10.9. The van der Waals surface area contributed by atoms with Crippen LogP contribution in [0.1, 0.15) is 11.6 Å². The number of halogens is 4. The van der Waals surface area contributed by atoms with Crippen molar-refractivity contribution in [1.29, 1.82) is 0 Å². The van der Waals surface area contributed by atoms with E-state index in [1.54, 1.807) is 0 Å². The molecule has 0 radical (unpaired) electrons. The Morgan fingerprint density at radius 3 is 2.50 bits per heavy atom. The van der Waals surface area contributed by atoms with Gasteiger partial charge in [0.1, 0.15) is 5.75 Å². The highest BCUT2D eigenvalue weighted by atomic mass is 79.9. The van der Waals surface area contributed by atoms with Crippen molar-refractivity contribution in [3.05, 3.63) is 27.2 Å². The molecule has 14 heavy (non-hydrogen) atoms. The van der Waals surface area contributed by atoms with Crippen molar-refractivity contribution in [2.75, 3.05) is 0 Å². The van der Waals surface area contributed by atoms with E-state index in [1.807, 2.05) is 0 Å². The van der Waals surface area contributed by atoms with E-state index in [-0.39, 0.29) is 10.6 Å². The molecule has 1 atom stereocenters. The Bertz CT molecular complexity index is 348. The zero-order valence-electron chi connectivity index (χ0n) is 6.85. The highest BCUT2D eigenvalue weighted by Crippen LogP contribution is 2.38. The summed E-state index contributed by atoms with van der Waals surface area (Å²) in [6.07, 6.45) is -2.75. The normalized spacial score (nSPS) is 13.3. The molecular weight excluding hydrogens is 279 g/mol. The Morgan fingerprint density at radius 1 is 1.43 bits per heavy atom. The molecule has 0 aromatic heterocycles. The van der Waals surface area contributed by atoms with Crippen molar-refractivity contribution >= 4 is 27.5 Å². The van der Waals surface area contributed by atoms with Gasteiger partial charge in [-0.3, -0.25) is 0 Å². The fourth-order valence-electron chi connectivity index (χ4n) is 1.000. The predicted molar refractivity (Wildman–Crippen MR) is 53.7 cm³/mol. The van der Waals surface area contributed by atoms with Gasteiger partial charge in [-0.05, 0) is 12.1 Å². The van der Waals surface area contributed by atoms with Gasteiger partial charge in [-0.1, -0.05) is 27.5 Å². The molecule has 1 rings (SSSR count). The first kappa shape index (κ1) is 11.7. The van der Waals surface area contributed by atoms with Crippen molar-refractivity contribution in [3.63, 3.8) is 0 Å². The first-order valence-corrected chi connectivity index (χ1v) is 4.82. The number of phenols is 1. The summed E-state index contributed by atoms with van der Waals surface area (Å²) in [5.74, 6) is -0.408. The minimum absolute atomic E-state index is 0.000648. The van der Waals surface area contributed by atoms with E-state index in [9.17, 15) is 13.9 Å². The molecule has 0 aliphatic carbocycles. The largest absolute Gasteiger partial charge is 0.506 e. The fourth-order valence-corrected chi connectivity index (χ4v) is 1.75. The Kier molecular flexibility index (Phi) is 3.69. The number of hydrogen-bond donors (Lipinski definition) is 2. The van der Waals surface area contributed by atoms with Crippen molar-refractivity contribution in [2.45, 2.75) is 12.5 Å². The number of phenolic OH excluding ortho intramolecular Hbond substituents is 1. The van der Waals surface area contributed by atoms with Crippen LogP contribution in [0.5, 0.6) is 5.75 Å². The molecule has 0 fully saturated rings. The molecule has 0 amide bonds. The van der Waals surface area contributed by atoms with Crippen molar-refractivity contribution in [2.24, 2.45) is 5.73 Å². The Morgan fingerprint density at radius 2 is 2.00 bits per heavy atom. The van der Waals surface area contributed by atoms with E-state index >= 15 is 0 Å². The minimum atomic E-state index is -2.75. The van der Waals surface area contributed by atoms with Crippen LogP contribution in [-0.4, -0.2) is 11.5 Å². The molecule has 1 aromatic rings. The second-order valence-corrected chi connectivity index (χ2v) is 3.91. The van der Waals surface area contributed by atoms with Gasteiger partial charge in [0.25, 0.3) is 6.43 Å². The average molecular weight is 287 g/mol. The molecule has 2 nitrogen and oxygen atoms in total. The maximum absolute atomic E-state index is 12.3. The lowest BCUT2D eigenvalue weighted by Gasteiger charge is -2.15. The van der Waals surface area contributed by atoms with E-state index in [0.29, 0.717) is 4.47 Å². The van der Waals surface area contributed by atoms with E-state index in [0.717, 1.165) is 0 Å². The molecule has 0 aliphatic rings. The van der Waals surface area contributed by atoms with Crippen LogP contribution in [0.3, 0.4) is 0 Å². The SMILES string of the molecule is N[C@@H](c1c(Br)ccc(Cl)c1O)C(F)F. The molecular formula is C8H7BrClF2NO. The van der Waals surface area contributed by atoms with Crippen LogP contribution < -0.4 is 5.73 Å². The topological polar surface area (TPSA) is 46.2 Å². The predicted octanol–water partition coefficient (Wildman–Crippen LogP) is 3.07. The number of benzene rings is 1. The number of aromatic hydroxyl groups is 1. The van der Waals surface area contributed by atoms with Gasteiger partial charge in [0.15, 0.2) is 0 Å². The van der Waals surface area contributed by atoms with E-state index in [1.165, 1.54) is 12.1 Å². The van der Waals surface area contributed by atoms with Gasteiger partial charge in [-0.2, -0.15) is 0 Å². The summed E-state index contributed by atoms with van der Waals surface area (Å²) in [5, 5.41) is 9.42. The Labute approximate surface area is 92.8 Å². The fraction of sp³-hybridized carbons (Fsp3) is 0.250. The van der Waals surface area contributed by atoms with Crippen molar-refractivity contribution < 1.29 is 13.9 Å². The third-order valence-electron chi connectivity index (χ3n) is 1.72. The molecule has 0 bridgehead atoms. The van der Waals surface area contributed by atoms with Crippen LogP contribution in [0.25, 0.3) is 0 Å². The Hall–Kier alpha value is -0.390. The van der Waals surface area contributed by atoms with Crippen LogP contribution in [0.2, 0.25) is 5.02 Å². The van der Waals surface area contributed by atoms with Crippen LogP contribution >= 0.6 is 27.5 Å². The molecule has 6 heteroatoms. The standard InChI is InChI=1S/C8H7BrClF2NO/c9-3-1-2-4(10)7(14)5(3)6(13)8(11)12/h1-2,6,8,14H,13H2/t6-/m0/s1. The Balaban J connectivity index is 3.25. The zero-order valence-corrected chi connectivity index (χ0v) is 9.19. The van der Waals surface area contributed by atoms with Gasteiger partial charge in [0.2, 0.25) is 0 Å². The summed E-state index contributed by atoms with van der Waals surface area (Å²) < 4.78 is 24.9. The first-order valence-electron chi connectivity index (χ1n) is 3.65. The summed E-state index contributed by atoms with van der Waals surface area (Å²) in [6.45, 7) is 0. The van der Waals surface area contributed by atoms with Crippen LogP contribution in [-0.2, 0) is 0 Å². The molecule has 0 spiro atoms. The van der Waals surface area contributed by atoms with Crippen molar-refractivity contribution in [1.82, 2.24) is 0 Å². The average Bonchev–Trinajstić information content (AvgIpc) is 2.12. The first-order chi connectivity index (χ1) is 6.45. The number of alkyl halides is 2. The third-order valence-corrected chi connectivity index (χ3v) is 2.72. The molecule has 1 aromatic carbocycles. The highest BCUT2D eigenvalue weighted by Gasteiger charge is 2.24. The highest BCUT2D eigenvalue weighted by molar-refractivity contribution is 9.10. The second-order valence-electron chi connectivity index (χ2n) is 2.65. The van der Waals surface area contributed by atoms with Crippen LogP contribution in [0, 0.1) is 0 Å². The van der Waals surface area contributed by atoms with Crippen molar-refractivity contribution in [3.8, 4) is 5.75 Å². The quantitative estimate of drug-likeness (QED) is 0.877. The maximum Gasteiger partial charge on any atom is 0.257 e. The molecule has 0 heterocycles. The number of nitrogens with two attached hydrogens (primary N) is 1. The number of rotatable bonds is 2. The lowest BCUT2D eigenvalue weighted by molar-refractivity contribution is 0.115. The lowest BCUT2D eigenvalue weighted by atomic mass is 10.1. The summed E-state index contributed by atoms with van der Waals surface area (Å²) >= 11 is 8.58. The van der Waals surface area contributed by atoms with E-state index in [4.69, 9.17) is 17.3 Å². The van der Waals surface area contributed by atoms with Gasteiger partial charge in [0, 0.05) is 10.0 Å². The minimum Gasteiger partial charge on any atom is -0.506 e. The maximum atomic E-state index is 12.3. The second kappa shape index (κ2) is 4.42. The summed E-state index contributed by atoms with van der Waals surface area (Å²) in [7, 11) is 0. The summed E-state index contributed by atoms with van der Waals surface area (Å²) in [5.41, 5.74) is 5.13. The summed E-state index contributed by atoms with van der Waals surface area (Å²) in [6, 6.07) is 1.30. The van der Waals surface area contributed by atoms with Gasteiger partial charge in [-0.15, -0.1) is 0 Å². The van der Waals surface area contributed by atoms with Gasteiger partial charge < -0.3 is 10.8 Å². The molecule has 0 saturated carbocycles. The van der Waals surface area contributed by atoms with Gasteiger partial charge in [0.05, 0.1) is 11.1 Å². The van der Waals surface area contributed by atoms with Gasteiger partial charge in [-0.25, -0.2) is 8.78 Å². The molecule has 3 N–H and O–H groups in total. The van der Waals surface area contributed by atoms with E-state index in [2.05, 4.69) is 15.9 Å². The monoisotopic (exact) mass is 285 g/mol. The van der Waals surface area contributed by atoms with Gasteiger partial charge >= 0.3 is 0 Å². The molecule has 78 valence electrons. The summed E-state index contributed by atoms with van der Waals surface area (Å²) in [4.78, 5) is 0. The van der Waals surface area contributed by atoms with Crippen LogP contribution in [0.15, 0.2) is 16.6 Å². The lowest BCUT2D eigenvalue weighted by Crippen LogP contribution is -2.19. The molecule has 0 aliphatic heterocycles. The van der Waals surface area contributed by atoms with Crippen LogP contribution in [0.4, 0.5) is 8.78 Å².